The van der Waals surface area contributed by atoms with E-state index in [4.69, 9.17) is 9.47 Å². The van der Waals surface area contributed by atoms with Crippen molar-refractivity contribution in [3.8, 4) is 0 Å². The molecule has 0 spiro atoms. The topological polar surface area (TPSA) is 89.8 Å². The number of fused-ring (bicyclic) bond motifs is 1. The summed E-state index contributed by atoms with van der Waals surface area (Å²) < 4.78 is 13.9. The highest BCUT2D eigenvalue weighted by Gasteiger charge is 2.32. The van der Waals surface area contributed by atoms with Crippen LogP contribution in [0.5, 0.6) is 0 Å². The van der Waals surface area contributed by atoms with Gasteiger partial charge in [-0.05, 0) is 104 Å². The average Bonchev–Trinajstić information content (AvgIpc) is 3.58. The van der Waals surface area contributed by atoms with Gasteiger partial charge < -0.3 is 23.8 Å². The highest BCUT2D eigenvalue weighted by atomic mass is 16.6. The van der Waals surface area contributed by atoms with Gasteiger partial charge in [-0.1, -0.05) is 37.3 Å². The number of hydrogen-bond acceptors (Lipinski definition) is 6. The maximum Gasteiger partial charge on any atom is 0.410 e. The van der Waals surface area contributed by atoms with Gasteiger partial charge in [-0.15, -0.1) is 0 Å². The van der Waals surface area contributed by atoms with Gasteiger partial charge in [0.2, 0.25) is 0 Å². The lowest BCUT2D eigenvalue weighted by Crippen LogP contribution is -2.42. The summed E-state index contributed by atoms with van der Waals surface area (Å²) in [4.78, 5) is 39.3. The summed E-state index contributed by atoms with van der Waals surface area (Å²) in [7, 11) is 0. The maximum absolute atomic E-state index is 13.4. The van der Waals surface area contributed by atoms with Crippen molar-refractivity contribution >= 4 is 23.2 Å². The van der Waals surface area contributed by atoms with Gasteiger partial charge in [-0.3, -0.25) is 0 Å². The molecule has 9 heteroatoms. The molecule has 246 valence electrons. The summed E-state index contributed by atoms with van der Waals surface area (Å²) >= 11 is 0. The number of ether oxygens (including phenoxy) is 2. The number of nitrogens with zero attached hydrogens (tertiary/aromatic N) is 5. The second kappa shape index (κ2) is 14.6. The minimum atomic E-state index is -0.593. The molecule has 0 unspecified atom stereocenters. The van der Waals surface area contributed by atoms with Crippen LogP contribution in [0.15, 0.2) is 42.9 Å². The first-order valence-corrected chi connectivity index (χ1v) is 16.5. The Morgan fingerprint density at radius 1 is 0.911 bits per heavy atom. The van der Waals surface area contributed by atoms with Gasteiger partial charge in [0.1, 0.15) is 23.2 Å². The van der Waals surface area contributed by atoms with Crippen molar-refractivity contribution in [3.63, 3.8) is 0 Å². The van der Waals surface area contributed by atoms with Gasteiger partial charge in [-0.25, -0.2) is 19.6 Å². The molecule has 2 aromatic heterocycles. The molecule has 9 nitrogen and oxygen atoms in total. The Balaban J connectivity index is 1.43. The van der Waals surface area contributed by atoms with Gasteiger partial charge in [0, 0.05) is 43.8 Å². The number of aryl methyl sites for hydroxylation is 2. The zero-order valence-electron chi connectivity index (χ0n) is 28.6. The quantitative estimate of drug-likeness (QED) is 0.218. The lowest BCUT2D eigenvalue weighted by Gasteiger charge is -2.31. The number of carbonyl (C=O) groups is 2. The zero-order chi connectivity index (χ0) is 32.8. The third-order valence-corrected chi connectivity index (χ3v) is 8.32. The molecule has 0 aliphatic heterocycles. The first-order chi connectivity index (χ1) is 21.2. The molecule has 1 fully saturated rings. The number of amides is 2. The Kier molecular flexibility index (Phi) is 11.2. The van der Waals surface area contributed by atoms with Gasteiger partial charge in [0.25, 0.3) is 0 Å². The molecular formula is C36H53N5O4. The van der Waals surface area contributed by atoms with Crippen LogP contribution in [0.3, 0.4) is 0 Å². The number of carbonyl (C=O) groups excluding carboxylic acids is 2. The van der Waals surface area contributed by atoms with E-state index >= 15 is 0 Å². The van der Waals surface area contributed by atoms with E-state index in [2.05, 4.69) is 46.7 Å². The Bertz CT molecular complexity index is 1420. The molecule has 1 aromatic carbocycles. The zero-order valence-corrected chi connectivity index (χ0v) is 28.6. The molecule has 2 amide bonds. The Labute approximate surface area is 269 Å². The van der Waals surface area contributed by atoms with E-state index in [-0.39, 0.29) is 12.2 Å². The molecule has 0 radical (unpaired) electrons. The number of aromatic nitrogens is 3. The fourth-order valence-corrected chi connectivity index (χ4v) is 6.22. The minimum Gasteiger partial charge on any atom is -0.444 e. The van der Waals surface area contributed by atoms with E-state index in [0.717, 1.165) is 43.4 Å². The molecule has 0 saturated heterocycles. The van der Waals surface area contributed by atoms with Crippen LogP contribution >= 0.6 is 0 Å². The summed E-state index contributed by atoms with van der Waals surface area (Å²) in [6.45, 7) is 17.7. The lowest BCUT2D eigenvalue weighted by molar-refractivity contribution is 0.0186. The summed E-state index contributed by atoms with van der Waals surface area (Å²) in [5.41, 5.74) is 3.29. The molecular weight excluding hydrogens is 566 g/mol. The van der Waals surface area contributed by atoms with E-state index < -0.39 is 11.2 Å². The van der Waals surface area contributed by atoms with Crippen molar-refractivity contribution in [1.29, 1.82) is 0 Å². The fraction of sp³-hybridized carbons (Fsp3) is 0.611. The molecule has 1 aliphatic carbocycles. The highest BCUT2D eigenvalue weighted by Crippen LogP contribution is 2.38. The van der Waals surface area contributed by atoms with Gasteiger partial charge >= 0.3 is 12.2 Å². The van der Waals surface area contributed by atoms with Crippen molar-refractivity contribution in [2.24, 2.45) is 5.92 Å². The van der Waals surface area contributed by atoms with Gasteiger partial charge in [-0.2, -0.15) is 0 Å². The average molecular weight is 620 g/mol. The van der Waals surface area contributed by atoms with Crippen LogP contribution in [-0.4, -0.2) is 73.9 Å². The van der Waals surface area contributed by atoms with Crippen molar-refractivity contribution < 1.29 is 19.1 Å². The highest BCUT2D eigenvalue weighted by molar-refractivity contribution is 5.82. The minimum absolute atomic E-state index is 0.304. The smallest absolute Gasteiger partial charge is 0.410 e. The number of benzene rings is 1. The van der Waals surface area contributed by atoms with Crippen LogP contribution in [0.1, 0.15) is 97.0 Å². The van der Waals surface area contributed by atoms with Gasteiger partial charge in [0.05, 0.1) is 5.69 Å². The second-order valence-corrected chi connectivity index (χ2v) is 14.4. The standard InChI is InChI=1S/C36H53N5O4/c1-9-29-24-41(32-31(29)26(2)37-25-38-32)30-17-16-28(22-30)23-40(34(43)45-36(6,7)8)20-13-19-39(33(42)44-35(3,4)5)21-18-27-14-11-10-12-15-27/h10-12,14-15,24-25,28,30H,9,13,16-23H2,1-8H3/t28-,30+/m1/s1. The normalized spacial score (nSPS) is 17.0. The Hall–Kier alpha value is -3.62. The predicted octanol–water partition coefficient (Wildman–Crippen LogP) is 7.75. The summed E-state index contributed by atoms with van der Waals surface area (Å²) in [6, 6.07) is 10.5. The van der Waals surface area contributed by atoms with Crippen LogP contribution in [-0.2, 0) is 22.3 Å². The van der Waals surface area contributed by atoms with E-state index in [9.17, 15) is 9.59 Å². The first kappa shape index (κ1) is 34.3. The van der Waals surface area contributed by atoms with E-state index in [1.165, 1.54) is 16.5 Å². The maximum atomic E-state index is 13.4. The lowest BCUT2D eigenvalue weighted by atomic mass is 10.1. The number of hydrogen-bond donors (Lipinski definition) is 0. The van der Waals surface area contributed by atoms with Crippen LogP contribution in [0, 0.1) is 12.8 Å². The predicted molar refractivity (Wildman–Crippen MR) is 178 cm³/mol. The monoisotopic (exact) mass is 619 g/mol. The molecule has 1 aliphatic rings. The SMILES string of the molecule is CCc1cn([C@H]2CC[C@@H](CN(CCCN(CCc3ccccc3)C(=O)OC(C)(C)C)C(=O)OC(C)(C)C)C2)c2ncnc(C)c12. The van der Waals surface area contributed by atoms with Crippen molar-refractivity contribution in [2.45, 2.75) is 111 Å². The largest absolute Gasteiger partial charge is 0.444 e. The molecule has 2 heterocycles. The third kappa shape index (κ3) is 9.68. The van der Waals surface area contributed by atoms with E-state index in [0.29, 0.717) is 44.6 Å². The molecule has 1 saturated carbocycles. The second-order valence-electron chi connectivity index (χ2n) is 14.4. The molecule has 0 N–H and O–H groups in total. The van der Waals surface area contributed by atoms with E-state index in [1.54, 1.807) is 11.2 Å². The van der Waals surface area contributed by atoms with E-state index in [1.807, 2.05) is 64.6 Å². The molecule has 4 rings (SSSR count). The molecule has 2 atom stereocenters. The van der Waals surface area contributed by atoms with Crippen molar-refractivity contribution in [1.82, 2.24) is 24.3 Å². The van der Waals surface area contributed by atoms with Crippen molar-refractivity contribution in [3.05, 3.63) is 59.7 Å². The van der Waals surface area contributed by atoms with Crippen LogP contribution in [0.2, 0.25) is 0 Å². The molecule has 3 aromatic rings. The Morgan fingerprint density at radius 3 is 2.20 bits per heavy atom. The van der Waals surface area contributed by atoms with Crippen LogP contribution in [0.4, 0.5) is 9.59 Å². The molecule has 0 bridgehead atoms. The summed E-state index contributed by atoms with van der Waals surface area (Å²) in [6.07, 6.45) is 8.61. The van der Waals surface area contributed by atoms with Crippen LogP contribution < -0.4 is 0 Å². The number of rotatable bonds is 11. The van der Waals surface area contributed by atoms with Crippen molar-refractivity contribution in [2.75, 3.05) is 26.2 Å². The molecule has 45 heavy (non-hydrogen) atoms. The third-order valence-electron chi connectivity index (χ3n) is 8.32. The summed E-state index contributed by atoms with van der Waals surface area (Å²) in [5.74, 6) is 0.341. The van der Waals surface area contributed by atoms with Crippen LogP contribution in [0.25, 0.3) is 11.0 Å². The first-order valence-electron chi connectivity index (χ1n) is 16.5. The Morgan fingerprint density at radius 2 is 1.56 bits per heavy atom. The summed E-state index contributed by atoms with van der Waals surface area (Å²) in [5, 5.41) is 1.17. The fourth-order valence-electron chi connectivity index (χ4n) is 6.22. The van der Waals surface area contributed by atoms with Gasteiger partial charge in [0.15, 0.2) is 0 Å².